The van der Waals surface area contributed by atoms with E-state index in [1.807, 2.05) is 30.3 Å². The van der Waals surface area contributed by atoms with Crippen LogP contribution in [0.25, 0.3) is 17.1 Å². The minimum Gasteiger partial charge on any atom is -0.399 e. The van der Waals surface area contributed by atoms with E-state index in [0.717, 1.165) is 15.7 Å². The highest BCUT2D eigenvalue weighted by Gasteiger charge is 2.13. The van der Waals surface area contributed by atoms with Crippen molar-refractivity contribution in [1.29, 1.82) is 0 Å². The van der Waals surface area contributed by atoms with Gasteiger partial charge in [0.05, 0.1) is 5.69 Å². The van der Waals surface area contributed by atoms with Gasteiger partial charge in [0.2, 0.25) is 0 Å². The standard InChI is InChI=1S/C13H11BrN6/c14-8-1-4-10(5-2-8)20-13(17-18-19-20)11-6-3-9(15)7-12(11)16/h1-7H,15-16H2. The van der Waals surface area contributed by atoms with Crippen LogP contribution in [0.1, 0.15) is 0 Å². The molecule has 0 atom stereocenters. The number of benzene rings is 2. The molecule has 4 N–H and O–H groups in total. The number of nitrogens with zero attached hydrogens (tertiary/aromatic N) is 4. The molecule has 1 heterocycles. The molecule has 3 aromatic rings. The molecule has 2 aromatic carbocycles. The van der Waals surface area contributed by atoms with Gasteiger partial charge in [-0.05, 0) is 52.9 Å². The van der Waals surface area contributed by atoms with Crippen molar-refractivity contribution in [2.24, 2.45) is 0 Å². The highest BCUT2D eigenvalue weighted by Crippen LogP contribution is 2.27. The SMILES string of the molecule is Nc1ccc(-c2nnnn2-c2ccc(Br)cc2)c(N)c1. The Morgan fingerprint density at radius 3 is 2.45 bits per heavy atom. The van der Waals surface area contributed by atoms with Crippen LogP contribution < -0.4 is 11.5 Å². The van der Waals surface area contributed by atoms with Crippen LogP contribution in [0.3, 0.4) is 0 Å². The Morgan fingerprint density at radius 1 is 1.00 bits per heavy atom. The Balaban J connectivity index is 2.12. The van der Waals surface area contributed by atoms with Gasteiger partial charge in [0.1, 0.15) is 0 Å². The van der Waals surface area contributed by atoms with E-state index in [4.69, 9.17) is 11.5 Å². The first-order valence-corrected chi connectivity index (χ1v) is 6.64. The number of anilines is 2. The summed E-state index contributed by atoms with van der Waals surface area (Å²) in [5.41, 5.74) is 14.4. The van der Waals surface area contributed by atoms with E-state index in [1.165, 1.54) is 0 Å². The van der Waals surface area contributed by atoms with E-state index in [1.54, 1.807) is 16.8 Å². The topological polar surface area (TPSA) is 95.6 Å². The Bertz CT molecular complexity index is 750. The summed E-state index contributed by atoms with van der Waals surface area (Å²) in [6, 6.07) is 12.9. The zero-order valence-electron chi connectivity index (χ0n) is 10.4. The fourth-order valence-electron chi connectivity index (χ4n) is 1.90. The van der Waals surface area contributed by atoms with Crippen LogP contribution in [0.4, 0.5) is 11.4 Å². The lowest BCUT2D eigenvalue weighted by molar-refractivity contribution is 0.791. The quantitative estimate of drug-likeness (QED) is 0.702. The largest absolute Gasteiger partial charge is 0.399 e. The van der Waals surface area contributed by atoms with Crippen LogP contribution in [0, 0.1) is 0 Å². The smallest absolute Gasteiger partial charge is 0.189 e. The molecule has 0 aliphatic heterocycles. The second-order valence-electron chi connectivity index (χ2n) is 4.24. The molecule has 1 aromatic heterocycles. The molecule has 6 nitrogen and oxygen atoms in total. The molecular weight excluding hydrogens is 320 g/mol. The minimum absolute atomic E-state index is 0.540. The molecule has 100 valence electrons. The lowest BCUT2D eigenvalue weighted by atomic mass is 10.1. The number of rotatable bonds is 2. The van der Waals surface area contributed by atoms with Gasteiger partial charge >= 0.3 is 0 Å². The van der Waals surface area contributed by atoms with Crippen LogP contribution in [-0.2, 0) is 0 Å². The monoisotopic (exact) mass is 330 g/mol. The molecule has 0 radical (unpaired) electrons. The first-order valence-electron chi connectivity index (χ1n) is 5.85. The Labute approximate surface area is 123 Å². The summed E-state index contributed by atoms with van der Waals surface area (Å²) in [6.07, 6.45) is 0. The summed E-state index contributed by atoms with van der Waals surface area (Å²) in [5.74, 6) is 0.574. The number of halogens is 1. The normalized spacial score (nSPS) is 10.7. The molecule has 0 saturated carbocycles. The van der Waals surface area contributed by atoms with Crippen LogP contribution in [0.15, 0.2) is 46.9 Å². The van der Waals surface area contributed by atoms with Gasteiger partial charge in [0.25, 0.3) is 0 Å². The van der Waals surface area contributed by atoms with Crippen molar-refractivity contribution in [2.75, 3.05) is 11.5 Å². The molecule has 0 bridgehead atoms. The number of aromatic nitrogens is 4. The first-order chi connectivity index (χ1) is 9.65. The van der Waals surface area contributed by atoms with Gasteiger partial charge in [-0.25, -0.2) is 0 Å². The van der Waals surface area contributed by atoms with Gasteiger partial charge in [0.15, 0.2) is 5.82 Å². The third kappa shape index (κ3) is 2.23. The van der Waals surface area contributed by atoms with Gasteiger partial charge in [-0.15, -0.1) is 5.10 Å². The molecule has 0 aliphatic carbocycles. The number of hydrogen-bond acceptors (Lipinski definition) is 5. The summed E-state index contributed by atoms with van der Waals surface area (Å²) in [4.78, 5) is 0. The van der Waals surface area contributed by atoms with Gasteiger partial charge in [-0.1, -0.05) is 15.9 Å². The molecular formula is C13H11BrN6. The third-order valence-corrected chi connectivity index (χ3v) is 3.39. The number of tetrazole rings is 1. The highest BCUT2D eigenvalue weighted by molar-refractivity contribution is 9.10. The number of nitrogens with two attached hydrogens (primary N) is 2. The summed E-state index contributed by atoms with van der Waals surface area (Å²) in [5, 5.41) is 11.8. The Kier molecular flexibility index (Phi) is 3.11. The van der Waals surface area contributed by atoms with Crippen molar-refractivity contribution in [3.63, 3.8) is 0 Å². The maximum atomic E-state index is 5.99. The van der Waals surface area contributed by atoms with Crippen molar-refractivity contribution >= 4 is 27.3 Å². The van der Waals surface area contributed by atoms with Gasteiger partial charge in [0, 0.05) is 21.4 Å². The fraction of sp³-hybridized carbons (Fsp3) is 0. The third-order valence-electron chi connectivity index (χ3n) is 2.86. The lowest BCUT2D eigenvalue weighted by Crippen LogP contribution is -2.02. The minimum atomic E-state index is 0.540. The van der Waals surface area contributed by atoms with E-state index < -0.39 is 0 Å². The number of hydrogen-bond donors (Lipinski definition) is 2. The van der Waals surface area contributed by atoms with E-state index in [9.17, 15) is 0 Å². The molecule has 0 fully saturated rings. The van der Waals surface area contributed by atoms with E-state index in [0.29, 0.717) is 17.2 Å². The van der Waals surface area contributed by atoms with Crippen molar-refractivity contribution in [1.82, 2.24) is 20.2 Å². The van der Waals surface area contributed by atoms with Gasteiger partial charge in [-0.2, -0.15) is 4.68 Å². The second-order valence-corrected chi connectivity index (χ2v) is 5.15. The maximum Gasteiger partial charge on any atom is 0.189 e. The maximum absolute atomic E-state index is 5.99. The average Bonchev–Trinajstić information content (AvgIpc) is 2.88. The molecule has 0 unspecified atom stereocenters. The Hall–Kier alpha value is -2.41. The summed E-state index contributed by atoms with van der Waals surface area (Å²) in [6.45, 7) is 0. The highest BCUT2D eigenvalue weighted by atomic mass is 79.9. The van der Waals surface area contributed by atoms with Crippen molar-refractivity contribution in [3.8, 4) is 17.1 Å². The second kappa shape index (κ2) is 4.93. The van der Waals surface area contributed by atoms with Gasteiger partial charge in [-0.3, -0.25) is 0 Å². The zero-order valence-corrected chi connectivity index (χ0v) is 11.9. The first kappa shape index (κ1) is 12.6. The predicted octanol–water partition coefficient (Wildman–Crippen LogP) is 2.26. The van der Waals surface area contributed by atoms with Crippen LogP contribution in [0.2, 0.25) is 0 Å². The van der Waals surface area contributed by atoms with E-state index in [2.05, 4.69) is 31.5 Å². The summed E-state index contributed by atoms with van der Waals surface area (Å²) < 4.78 is 2.62. The van der Waals surface area contributed by atoms with Crippen molar-refractivity contribution in [3.05, 3.63) is 46.9 Å². The van der Waals surface area contributed by atoms with Crippen LogP contribution in [0.5, 0.6) is 0 Å². The lowest BCUT2D eigenvalue weighted by Gasteiger charge is -2.07. The molecule has 7 heteroatoms. The van der Waals surface area contributed by atoms with Crippen molar-refractivity contribution in [2.45, 2.75) is 0 Å². The average molecular weight is 331 g/mol. The van der Waals surface area contributed by atoms with Gasteiger partial charge < -0.3 is 11.5 Å². The molecule has 0 spiro atoms. The molecule has 0 saturated heterocycles. The fourth-order valence-corrected chi connectivity index (χ4v) is 2.16. The molecule has 20 heavy (non-hydrogen) atoms. The predicted molar refractivity (Wildman–Crippen MR) is 81.1 cm³/mol. The summed E-state index contributed by atoms with van der Waals surface area (Å²) in [7, 11) is 0. The molecule has 0 amide bonds. The molecule has 0 aliphatic rings. The zero-order chi connectivity index (χ0) is 14.1. The molecule has 3 rings (SSSR count). The summed E-state index contributed by atoms with van der Waals surface area (Å²) >= 11 is 3.40. The van der Waals surface area contributed by atoms with E-state index in [-0.39, 0.29) is 0 Å². The van der Waals surface area contributed by atoms with E-state index >= 15 is 0 Å². The number of nitrogen functional groups attached to an aromatic ring is 2. The van der Waals surface area contributed by atoms with Crippen LogP contribution in [-0.4, -0.2) is 20.2 Å². The van der Waals surface area contributed by atoms with Crippen molar-refractivity contribution < 1.29 is 0 Å². The Morgan fingerprint density at radius 2 is 1.75 bits per heavy atom. The van der Waals surface area contributed by atoms with Crippen LogP contribution >= 0.6 is 15.9 Å².